The highest BCUT2D eigenvalue weighted by Gasteiger charge is 2.24. The summed E-state index contributed by atoms with van der Waals surface area (Å²) in [7, 11) is 0. The molecule has 2 saturated heterocycles. The monoisotopic (exact) mass is 222 g/mol. The molecule has 1 N–H and O–H groups in total. The summed E-state index contributed by atoms with van der Waals surface area (Å²) in [6.07, 6.45) is 6.12. The average molecular weight is 222 g/mol. The lowest BCUT2D eigenvalue weighted by Gasteiger charge is -2.24. The van der Waals surface area contributed by atoms with Crippen LogP contribution < -0.4 is 10.2 Å². The Labute approximate surface area is 95.2 Å². The highest BCUT2D eigenvalue weighted by Crippen LogP contribution is 2.24. The predicted octanol–water partition coefficient (Wildman–Crippen LogP) is 1.48. The number of nitrogens with zero attached hydrogens (tertiary/aromatic N) is 3. The molecule has 3 heterocycles. The minimum Gasteiger partial charge on any atom is -0.338 e. The van der Waals surface area contributed by atoms with Crippen molar-refractivity contribution < 1.29 is 4.52 Å². The SMILES string of the molecule is C1CCN(c2noc([C@H]3CCCN3)n2)CC1. The predicted molar refractivity (Wildman–Crippen MR) is 60.3 cm³/mol. The van der Waals surface area contributed by atoms with Gasteiger partial charge in [0.25, 0.3) is 5.95 Å². The van der Waals surface area contributed by atoms with Crippen LogP contribution in [0.1, 0.15) is 44.0 Å². The van der Waals surface area contributed by atoms with Crippen molar-refractivity contribution in [2.75, 3.05) is 24.5 Å². The van der Waals surface area contributed by atoms with E-state index in [0.29, 0.717) is 0 Å². The molecular weight excluding hydrogens is 204 g/mol. The Kier molecular flexibility index (Phi) is 2.78. The van der Waals surface area contributed by atoms with E-state index in [1.807, 2.05) is 0 Å². The third-order valence-electron chi connectivity index (χ3n) is 3.43. The summed E-state index contributed by atoms with van der Waals surface area (Å²) in [5.74, 6) is 1.54. The van der Waals surface area contributed by atoms with Crippen molar-refractivity contribution in [3.05, 3.63) is 5.89 Å². The molecule has 0 bridgehead atoms. The molecule has 1 atom stereocenters. The van der Waals surface area contributed by atoms with Crippen LogP contribution in [0.3, 0.4) is 0 Å². The number of piperidine rings is 1. The van der Waals surface area contributed by atoms with E-state index in [4.69, 9.17) is 4.52 Å². The molecule has 0 aromatic carbocycles. The van der Waals surface area contributed by atoms with Crippen LogP contribution in [-0.4, -0.2) is 29.8 Å². The zero-order valence-corrected chi connectivity index (χ0v) is 9.48. The molecule has 16 heavy (non-hydrogen) atoms. The lowest BCUT2D eigenvalue weighted by Crippen LogP contribution is -2.30. The van der Waals surface area contributed by atoms with Crippen molar-refractivity contribution in [2.45, 2.75) is 38.1 Å². The van der Waals surface area contributed by atoms with Gasteiger partial charge in [-0.15, -0.1) is 0 Å². The van der Waals surface area contributed by atoms with Crippen molar-refractivity contribution in [1.29, 1.82) is 0 Å². The Morgan fingerprint density at radius 3 is 2.81 bits per heavy atom. The van der Waals surface area contributed by atoms with E-state index in [1.165, 1.54) is 25.7 Å². The van der Waals surface area contributed by atoms with Crippen molar-refractivity contribution in [1.82, 2.24) is 15.5 Å². The maximum absolute atomic E-state index is 5.34. The van der Waals surface area contributed by atoms with Crippen LogP contribution in [0.2, 0.25) is 0 Å². The Hall–Kier alpha value is -1.10. The maximum Gasteiger partial charge on any atom is 0.266 e. The van der Waals surface area contributed by atoms with E-state index in [-0.39, 0.29) is 6.04 Å². The third kappa shape index (κ3) is 1.91. The number of hydrogen-bond donors (Lipinski definition) is 1. The van der Waals surface area contributed by atoms with Crippen molar-refractivity contribution in [2.24, 2.45) is 0 Å². The molecule has 88 valence electrons. The maximum atomic E-state index is 5.34. The molecule has 0 spiro atoms. The molecule has 0 aliphatic carbocycles. The number of hydrogen-bond acceptors (Lipinski definition) is 5. The van der Waals surface area contributed by atoms with Gasteiger partial charge in [-0.1, -0.05) is 0 Å². The molecule has 1 aromatic heterocycles. The van der Waals surface area contributed by atoms with E-state index in [2.05, 4.69) is 20.4 Å². The summed E-state index contributed by atoms with van der Waals surface area (Å²) < 4.78 is 5.34. The fraction of sp³-hybridized carbons (Fsp3) is 0.818. The first-order chi connectivity index (χ1) is 7.93. The van der Waals surface area contributed by atoms with Crippen molar-refractivity contribution in [3.8, 4) is 0 Å². The molecule has 0 amide bonds. The molecule has 2 fully saturated rings. The van der Waals surface area contributed by atoms with E-state index in [0.717, 1.165) is 37.9 Å². The smallest absolute Gasteiger partial charge is 0.266 e. The Balaban J connectivity index is 1.71. The zero-order chi connectivity index (χ0) is 10.8. The zero-order valence-electron chi connectivity index (χ0n) is 9.48. The average Bonchev–Trinajstić information content (AvgIpc) is 3.01. The summed E-state index contributed by atoms with van der Waals surface area (Å²) >= 11 is 0. The molecule has 5 heteroatoms. The second-order valence-corrected chi connectivity index (χ2v) is 4.63. The van der Waals surface area contributed by atoms with Crippen LogP contribution in [-0.2, 0) is 0 Å². The fourth-order valence-corrected chi connectivity index (χ4v) is 2.49. The van der Waals surface area contributed by atoms with Crippen LogP contribution in [0.5, 0.6) is 0 Å². The van der Waals surface area contributed by atoms with Gasteiger partial charge >= 0.3 is 0 Å². The van der Waals surface area contributed by atoms with Gasteiger partial charge in [-0.2, -0.15) is 4.98 Å². The largest absolute Gasteiger partial charge is 0.338 e. The third-order valence-corrected chi connectivity index (χ3v) is 3.43. The molecule has 5 nitrogen and oxygen atoms in total. The van der Waals surface area contributed by atoms with Gasteiger partial charge in [0, 0.05) is 13.1 Å². The van der Waals surface area contributed by atoms with Gasteiger partial charge in [-0.25, -0.2) is 0 Å². The van der Waals surface area contributed by atoms with Crippen LogP contribution in [0.25, 0.3) is 0 Å². The molecule has 0 unspecified atom stereocenters. The van der Waals surface area contributed by atoms with Gasteiger partial charge in [0.1, 0.15) is 0 Å². The Bertz CT molecular complexity index is 340. The normalized spacial score (nSPS) is 26.2. The molecule has 1 aromatic rings. The van der Waals surface area contributed by atoms with Gasteiger partial charge in [-0.05, 0) is 43.8 Å². The minimum absolute atomic E-state index is 0.283. The molecule has 2 aliphatic heterocycles. The quantitative estimate of drug-likeness (QED) is 0.821. The first-order valence-electron chi connectivity index (χ1n) is 6.25. The van der Waals surface area contributed by atoms with E-state index < -0.39 is 0 Å². The summed E-state index contributed by atoms with van der Waals surface area (Å²) in [6, 6.07) is 0.283. The molecule has 3 rings (SSSR count). The summed E-state index contributed by atoms with van der Waals surface area (Å²) in [5, 5.41) is 7.46. The summed E-state index contributed by atoms with van der Waals surface area (Å²) in [6.45, 7) is 3.19. The Morgan fingerprint density at radius 1 is 1.19 bits per heavy atom. The lowest BCUT2D eigenvalue weighted by molar-refractivity contribution is 0.343. The topological polar surface area (TPSA) is 54.2 Å². The van der Waals surface area contributed by atoms with Gasteiger partial charge in [0.05, 0.1) is 6.04 Å². The van der Waals surface area contributed by atoms with Gasteiger partial charge in [-0.3, -0.25) is 0 Å². The number of nitrogens with one attached hydrogen (secondary N) is 1. The number of aromatic nitrogens is 2. The summed E-state index contributed by atoms with van der Waals surface area (Å²) in [5.41, 5.74) is 0. The minimum atomic E-state index is 0.283. The lowest BCUT2D eigenvalue weighted by atomic mass is 10.1. The van der Waals surface area contributed by atoms with Gasteiger partial charge in [0.15, 0.2) is 0 Å². The molecular formula is C11H18N4O. The Morgan fingerprint density at radius 2 is 2.06 bits per heavy atom. The van der Waals surface area contributed by atoms with Gasteiger partial charge in [0.2, 0.25) is 5.89 Å². The fourth-order valence-electron chi connectivity index (χ4n) is 2.49. The molecule has 0 radical (unpaired) electrons. The van der Waals surface area contributed by atoms with Gasteiger partial charge < -0.3 is 14.7 Å². The summed E-state index contributed by atoms with van der Waals surface area (Å²) in [4.78, 5) is 6.73. The van der Waals surface area contributed by atoms with Crippen molar-refractivity contribution in [3.63, 3.8) is 0 Å². The van der Waals surface area contributed by atoms with E-state index in [9.17, 15) is 0 Å². The van der Waals surface area contributed by atoms with E-state index in [1.54, 1.807) is 0 Å². The van der Waals surface area contributed by atoms with Crippen LogP contribution in [0.4, 0.5) is 5.95 Å². The van der Waals surface area contributed by atoms with Crippen LogP contribution in [0, 0.1) is 0 Å². The van der Waals surface area contributed by atoms with Crippen LogP contribution in [0.15, 0.2) is 4.52 Å². The first-order valence-corrected chi connectivity index (χ1v) is 6.25. The number of anilines is 1. The second-order valence-electron chi connectivity index (χ2n) is 4.63. The first kappa shape index (κ1) is 10.1. The second kappa shape index (κ2) is 4.41. The van der Waals surface area contributed by atoms with Crippen LogP contribution >= 0.6 is 0 Å². The molecule has 2 aliphatic rings. The number of rotatable bonds is 2. The standard InChI is InChI=1S/C11H18N4O/c1-2-7-15(8-3-1)11-13-10(16-14-11)9-5-4-6-12-9/h9,12H,1-8H2/t9-/m1/s1. The highest BCUT2D eigenvalue weighted by molar-refractivity contribution is 5.28. The highest BCUT2D eigenvalue weighted by atomic mass is 16.5. The van der Waals surface area contributed by atoms with Crippen molar-refractivity contribution >= 4 is 5.95 Å². The van der Waals surface area contributed by atoms with E-state index >= 15 is 0 Å². The molecule has 0 saturated carbocycles.